The standard InChI is InChI=1S/C15H13N3OS/c1-11-2-4-12(5-3-11)17-15(19)18-13-6-8-14(9-7-13)20-10-16/h2-9H,1H3,(H2,17,18,19). The van der Waals surface area contributed by atoms with E-state index in [-0.39, 0.29) is 6.03 Å². The van der Waals surface area contributed by atoms with Gasteiger partial charge in [-0.15, -0.1) is 0 Å². The molecule has 0 aliphatic carbocycles. The van der Waals surface area contributed by atoms with Crippen LogP contribution >= 0.6 is 11.8 Å². The van der Waals surface area contributed by atoms with E-state index in [9.17, 15) is 4.79 Å². The molecule has 0 saturated heterocycles. The van der Waals surface area contributed by atoms with E-state index in [0.29, 0.717) is 5.69 Å². The smallest absolute Gasteiger partial charge is 0.308 e. The molecule has 2 aromatic rings. The average Bonchev–Trinajstić information content (AvgIpc) is 2.44. The van der Waals surface area contributed by atoms with Gasteiger partial charge in [0, 0.05) is 16.3 Å². The Morgan fingerprint density at radius 2 is 1.50 bits per heavy atom. The van der Waals surface area contributed by atoms with Crippen molar-refractivity contribution in [1.82, 2.24) is 0 Å². The Kier molecular flexibility index (Phi) is 4.64. The Labute approximate surface area is 121 Å². The van der Waals surface area contributed by atoms with E-state index in [1.54, 1.807) is 24.3 Å². The van der Waals surface area contributed by atoms with E-state index in [2.05, 4.69) is 10.6 Å². The Bertz CT molecular complexity index is 630. The van der Waals surface area contributed by atoms with Gasteiger partial charge in [0.15, 0.2) is 0 Å². The zero-order valence-corrected chi connectivity index (χ0v) is 11.7. The van der Waals surface area contributed by atoms with Crippen LogP contribution in [-0.2, 0) is 0 Å². The molecule has 0 spiro atoms. The van der Waals surface area contributed by atoms with Crippen LogP contribution in [0.25, 0.3) is 0 Å². The highest BCUT2D eigenvalue weighted by Gasteiger charge is 2.02. The number of urea groups is 1. The van der Waals surface area contributed by atoms with Gasteiger partial charge in [0.05, 0.1) is 0 Å². The second kappa shape index (κ2) is 6.64. The Hall–Kier alpha value is -2.45. The Balaban J connectivity index is 1.94. The highest BCUT2D eigenvalue weighted by Crippen LogP contribution is 2.19. The summed E-state index contributed by atoms with van der Waals surface area (Å²) < 4.78 is 0. The lowest BCUT2D eigenvalue weighted by Gasteiger charge is -2.08. The number of nitriles is 1. The first kappa shape index (κ1) is 14.0. The van der Waals surface area contributed by atoms with E-state index in [1.807, 2.05) is 36.6 Å². The van der Waals surface area contributed by atoms with Gasteiger partial charge in [-0.1, -0.05) is 17.7 Å². The van der Waals surface area contributed by atoms with Crippen LogP contribution < -0.4 is 10.6 Å². The van der Waals surface area contributed by atoms with Gasteiger partial charge in [-0.05, 0) is 55.1 Å². The van der Waals surface area contributed by atoms with Crippen molar-refractivity contribution in [2.75, 3.05) is 10.6 Å². The number of thiocyanates is 1. The number of hydrogen-bond acceptors (Lipinski definition) is 3. The normalized spacial score (nSPS) is 9.60. The molecular formula is C15H13N3OS. The number of nitrogens with one attached hydrogen (secondary N) is 2. The molecule has 0 atom stereocenters. The number of carbonyl (C=O) groups is 1. The van der Waals surface area contributed by atoms with Crippen molar-refractivity contribution in [2.45, 2.75) is 11.8 Å². The fourth-order valence-electron chi connectivity index (χ4n) is 1.59. The molecule has 0 aliphatic rings. The summed E-state index contributed by atoms with van der Waals surface area (Å²) in [7, 11) is 0. The second-order valence-electron chi connectivity index (χ2n) is 4.16. The highest BCUT2D eigenvalue weighted by molar-refractivity contribution is 8.03. The predicted octanol–water partition coefficient (Wildman–Crippen LogP) is 4.21. The summed E-state index contributed by atoms with van der Waals surface area (Å²) in [6.07, 6.45) is 0. The molecule has 20 heavy (non-hydrogen) atoms. The molecule has 2 aromatic carbocycles. The Morgan fingerprint density at radius 3 is 2.00 bits per heavy atom. The molecule has 4 nitrogen and oxygen atoms in total. The molecule has 0 bridgehead atoms. The molecule has 100 valence electrons. The third-order valence-electron chi connectivity index (χ3n) is 2.59. The SMILES string of the molecule is Cc1ccc(NC(=O)Nc2ccc(SC#N)cc2)cc1. The van der Waals surface area contributed by atoms with Gasteiger partial charge in [-0.2, -0.15) is 5.26 Å². The third kappa shape index (κ3) is 4.04. The molecule has 0 aliphatic heterocycles. The van der Waals surface area contributed by atoms with E-state index >= 15 is 0 Å². The second-order valence-corrected chi connectivity index (χ2v) is 5.02. The fraction of sp³-hybridized carbons (Fsp3) is 0.0667. The van der Waals surface area contributed by atoms with Crippen molar-refractivity contribution < 1.29 is 4.79 Å². The third-order valence-corrected chi connectivity index (χ3v) is 3.18. The van der Waals surface area contributed by atoms with Gasteiger partial charge in [-0.3, -0.25) is 0 Å². The summed E-state index contributed by atoms with van der Waals surface area (Å²) in [5.74, 6) is 0. The van der Waals surface area contributed by atoms with Gasteiger partial charge >= 0.3 is 6.03 Å². The lowest BCUT2D eigenvalue weighted by Crippen LogP contribution is -2.19. The highest BCUT2D eigenvalue weighted by atomic mass is 32.2. The maximum absolute atomic E-state index is 11.8. The molecular weight excluding hydrogens is 270 g/mol. The molecule has 0 saturated carbocycles. The number of carbonyl (C=O) groups excluding carboxylic acids is 1. The summed E-state index contributed by atoms with van der Waals surface area (Å²) in [4.78, 5) is 12.6. The quantitative estimate of drug-likeness (QED) is 0.655. The monoisotopic (exact) mass is 283 g/mol. The largest absolute Gasteiger partial charge is 0.323 e. The molecule has 0 aromatic heterocycles. The van der Waals surface area contributed by atoms with Crippen LogP contribution in [0.4, 0.5) is 16.2 Å². The lowest BCUT2D eigenvalue weighted by atomic mass is 10.2. The summed E-state index contributed by atoms with van der Waals surface area (Å²) >= 11 is 1.08. The molecule has 2 rings (SSSR count). The van der Waals surface area contributed by atoms with Gasteiger partial charge in [0.25, 0.3) is 0 Å². The minimum Gasteiger partial charge on any atom is -0.308 e. The number of benzene rings is 2. The first-order valence-corrected chi connectivity index (χ1v) is 6.80. The van der Waals surface area contributed by atoms with Crippen LogP contribution in [0.5, 0.6) is 0 Å². The van der Waals surface area contributed by atoms with Gasteiger partial charge in [0.1, 0.15) is 5.40 Å². The lowest BCUT2D eigenvalue weighted by molar-refractivity contribution is 0.262. The van der Waals surface area contributed by atoms with Crippen LogP contribution in [0.15, 0.2) is 53.4 Å². The number of hydrogen-bond donors (Lipinski definition) is 2. The summed E-state index contributed by atoms with van der Waals surface area (Å²) in [6.45, 7) is 1.99. The van der Waals surface area contributed by atoms with E-state index < -0.39 is 0 Å². The molecule has 0 unspecified atom stereocenters. The molecule has 2 N–H and O–H groups in total. The summed E-state index contributed by atoms with van der Waals surface area (Å²) in [5, 5.41) is 16.0. The number of anilines is 2. The van der Waals surface area contributed by atoms with Crippen LogP contribution in [-0.4, -0.2) is 6.03 Å². The van der Waals surface area contributed by atoms with E-state index in [1.165, 1.54) is 0 Å². The van der Waals surface area contributed by atoms with Crippen LogP contribution in [0.3, 0.4) is 0 Å². The average molecular weight is 283 g/mol. The maximum Gasteiger partial charge on any atom is 0.323 e. The summed E-state index contributed by atoms with van der Waals surface area (Å²) in [6, 6.07) is 14.4. The van der Waals surface area contributed by atoms with Gasteiger partial charge < -0.3 is 10.6 Å². The van der Waals surface area contributed by atoms with Crippen LogP contribution in [0, 0.1) is 17.6 Å². The molecule has 5 heteroatoms. The Morgan fingerprint density at radius 1 is 1.00 bits per heavy atom. The predicted molar refractivity (Wildman–Crippen MR) is 81.7 cm³/mol. The van der Waals surface area contributed by atoms with Gasteiger partial charge in [-0.25, -0.2) is 4.79 Å². The topological polar surface area (TPSA) is 64.9 Å². The van der Waals surface area contributed by atoms with E-state index in [4.69, 9.17) is 5.26 Å². The zero-order valence-electron chi connectivity index (χ0n) is 10.9. The maximum atomic E-state index is 11.8. The zero-order chi connectivity index (χ0) is 14.4. The van der Waals surface area contributed by atoms with Crippen LogP contribution in [0.1, 0.15) is 5.56 Å². The minimum atomic E-state index is -0.297. The minimum absolute atomic E-state index is 0.297. The molecule has 0 radical (unpaired) electrons. The van der Waals surface area contributed by atoms with Crippen molar-refractivity contribution >= 4 is 29.2 Å². The van der Waals surface area contributed by atoms with Crippen molar-refractivity contribution in [3.63, 3.8) is 0 Å². The van der Waals surface area contributed by atoms with Crippen molar-refractivity contribution in [1.29, 1.82) is 5.26 Å². The first-order valence-electron chi connectivity index (χ1n) is 5.98. The number of rotatable bonds is 3. The number of aryl methyl sites for hydroxylation is 1. The van der Waals surface area contributed by atoms with Gasteiger partial charge in [0.2, 0.25) is 0 Å². The summed E-state index contributed by atoms with van der Waals surface area (Å²) in [5.41, 5.74) is 2.56. The fourth-order valence-corrected chi connectivity index (χ4v) is 1.97. The van der Waals surface area contributed by atoms with Crippen molar-refractivity contribution in [3.8, 4) is 5.40 Å². The number of thioether (sulfide) groups is 1. The number of amides is 2. The first-order chi connectivity index (χ1) is 9.67. The molecule has 0 heterocycles. The molecule has 2 amide bonds. The van der Waals surface area contributed by atoms with E-state index in [0.717, 1.165) is 27.9 Å². The van der Waals surface area contributed by atoms with Crippen LogP contribution in [0.2, 0.25) is 0 Å². The van der Waals surface area contributed by atoms with Crippen molar-refractivity contribution in [2.24, 2.45) is 0 Å². The van der Waals surface area contributed by atoms with Crippen molar-refractivity contribution in [3.05, 3.63) is 54.1 Å². The number of nitrogens with zero attached hydrogens (tertiary/aromatic N) is 1. The molecule has 0 fully saturated rings.